The molecule has 17 rings (SSSR count). The van der Waals surface area contributed by atoms with Gasteiger partial charge in [0.15, 0.2) is 0 Å². The van der Waals surface area contributed by atoms with Gasteiger partial charge in [-0.05, 0) is 179 Å². The third-order valence-electron chi connectivity index (χ3n) is 20.1. The Balaban J connectivity index is 0.913. The Morgan fingerprint density at radius 2 is 0.976 bits per heavy atom. The first kappa shape index (κ1) is 48.5. The highest BCUT2D eigenvalue weighted by Crippen LogP contribution is 2.65. The van der Waals surface area contributed by atoms with Crippen LogP contribution in [0.1, 0.15) is 112 Å². The molecule has 11 aromatic carbocycles. The van der Waals surface area contributed by atoms with Crippen molar-refractivity contribution in [3.05, 3.63) is 262 Å². The zero-order valence-corrected chi connectivity index (χ0v) is 48.7. The Morgan fingerprint density at radius 3 is 1.75 bits per heavy atom. The molecule has 0 atom stereocenters. The molecule has 83 heavy (non-hydrogen) atoms. The number of benzene rings is 11. The molecular weight excluding hydrogens is 1000 g/mol. The second-order valence-electron chi connectivity index (χ2n) is 26.7. The number of para-hydroxylation sites is 3. The average molecular weight is 1070 g/mol. The quantitative estimate of drug-likeness (QED) is 0.171. The van der Waals surface area contributed by atoms with E-state index in [0.29, 0.717) is 0 Å². The third-order valence-corrected chi connectivity index (χ3v) is 20.1. The lowest BCUT2D eigenvalue weighted by atomic mass is 9.71. The predicted octanol–water partition coefficient (Wildman–Crippen LogP) is 21.6. The molecule has 4 aliphatic rings. The summed E-state index contributed by atoms with van der Waals surface area (Å²) < 4.78 is 9.50. The molecule has 0 radical (unpaired) electrons. The van der Waals surface area contributed by atoms with E-state index in [1.165, 1.54) is 127 Å². The van der Waals surface area contributed by atoms with Crippen molar-refractivity contribution >= 4 is 60.8 Å². The fraction of sp³-hybridized carbons (Fsp3) is 0.175. The van der Waals surface area contributed by atoms with E-state index in [4.69, 9.17) is 4.42 Å². The van der Waals surface area contributed by atoms with Gasteiger partial charge in [-0.15, -0.1) is 0 Å². The van der Waals surface area contributed by atoms with E-state index in [0.717, 1.165) is 51.3 Å². The maximum absolute atomic E-state index is 7.05. The average Bonchev–Trinajstić information content (AvgIpc) is 2.26. The summed E-state index contributed by atoms with van der Waals surface area (Å²) in [7, 11) is 0. The first-order chi connectivity index (χ1) is 40.1. The molecular formula is C80H64N2O. The molecule has 4 aliphatic carbocycles. The van der Waals surface area contributed by atoms with Gasteiger partial charge < -0.3 is 13.9 Å². The fourth-order valence-corrected chi connectivity index (χ4v) is 16.3. The Bertz CT molecular complexity index is 5010. The van der Waals surface area contributed by atoms with Gasteiger partial charge in [-0.25, -0.2) is 0 Å². The van der Waals surface area contributed by atoms with Crippen LogP contribution in [0.25, 0.3) is 105 Å². The lowest BCUT2D eigenvalue weighted by molar-refractivity contribution is 0.591. The van der Waals surface area contributed by atoms with Gasteiger partial charge in [-0.2, -0.15) is 0 Å². The number of furan rings is 1. The normalized spacial score (nSPS) is 15.3. The van der Waals surface area contributed by atoms with Crippen molar-refractivity contribution in [3.63, 3.8) is 0 Å². The number of hydrogen-bond acceptors (Lipinski definition) is 2. The van der Waals surface area contributed by atoms with E-state index >= 15 is 0 Å². The van der Waals surface area contributed by atoms with Crippen molar-refractivity contribution in [3.8, 4) is 61.3 Å². The predicted molar refractivity (Wildman–Crippen MR) is 348 cm³/mol. The highest BCUT2D eigenvalue weighted by Gasteiger charge is 2.50. The molecule has 3 nitrogen and oxygen atoms in total. The van der Waals surface area contributed by atoms with Gasteiger partial charge >= 0.3 is 0 Å². The molecule has 0 spiro atoms. The molecule has 0 saturated carbocycles. The summed E-state index contributed by atoms with van der Waals surface area (Å²) in [5, 5.41) is 4.82. The van der Waals surface area contributed by atoms with Gasteiger partial charge in [0, 0.05) is 66.1 Å². The van der Waals surface area contributed by atoms with Gasteiger partial charge in [0.25, 0.3) is 0 Å². The van der Waals surface area contributed by atoms with Crippen LogP contribution in [0.5, 0.6) is 0 Å². The summed E-state index contributed by atoms with van der Waals surface area (Å²) in [6.07, 6.45) is 0.946. The summed E-state index contributed by atoms with van der Waals surface area (Å²) in [6.45, 7) is 21.8. The molecule has 0 fully saturated rings. The molecule has 0 aliphatic heterocycles. The van der Waals surface area contributed by atoms with Crippen LogP contribution in [0.4, 0.5) is 17.1 Å². The third kappa shape index (κ3) is 6.40. The van der Waals surface area contributed by atoms with Gasteiger partial charge in [-0.1, -0.05) is 208 Å². The molecule has 2 aromatic heterocycles. The lowest BCUT2D eigenvalue weighted by Gasteiger charge is -2.32. The minimum Gasteiger partial charge on any atom is -0.455 e. The van der Waals surface area contributed by atoms with Crippen LogP contribution in [0.2, 0.25) is 0 Å². The first-order valence-corrected chi connectivity index (χ1v) is 29.8. The molecule has 0 bridgehead atoms. The second-order valence-corrected chi connectivity index (χ2v) is 26.7. The van der Waals surface area contributed by atoms with Crippen LogP contribution in [0, 0.1) is 0 Å². The maximum Gasteiger partial charge on any atom is 0.143 e. The molecule has 400 valence electrons. The van der Waals surface area contributed by atoms with Crippen LogP contribution < -0.4 is 4.90 Å². The molecule has 0 amide bonds. The summed E-state index contributed by atoms with van der Waals surface area (Å²) in [5.41, 5.74) is 33.8. The van der Waals surface area contributed by atoms with E-state index in [1.54, 1.807) is 0 Å². The SMILES string of the molecule is CC(C)(C)c1ccccc1-c1cc2c(c3c1oc1ccccc13)-c1ccc(N(c3ccc4c(c3)C(C)(C)c3c-4c4c(c5c3C(C)(C)c3ccccc3-5)Cc3ccccc3-4)c3ccc4c5ccccc5n(-c5ccccc5)c4c3)cc1C2(C)C. The van der Waals surface area contributed by atoms with Crippen LogP contribution in [0.3, 0.4) is 0 Å². The fourth-order valence-electron chi connectivity index (χ4n) is 16.3. The van der Waals surface area contributed by atoms with E-state index in [-0.39, 0.29) is 21.7 Å². The number of fused-ring (bicyclic) bond motifs is 22. The number of hydrogen-bond donors (Lipinski definition) is 0. The Morgan fingerprint density at radius 1 is 0.410 bits per heavy atom. The molecule has 0 saturated heterocycles. The number of nitrogens with zero attached hydrogens (tertiary/aromatic N) is 2. The van der Waals surface area contributed by atoms with E-state index in [9.17, 15) is 0 Å². The number of anilines is 3. The van der Waals surface area contributed by atoms with Gasteiger partial charge in [0.2, 0.25) is 0 Å². The van der Waals surface area contributed by atoms with Crippen LogP contribution >= 0.6 is 0 Å². The summed E-state index contributed by atoms with van der Waals surface area (Å²) in [4.78, 5) is 2.56. The molecule has 2 heterocycles. The molecule has 3 heteroatoms. The van der Waals surface area contributed by atoms with Crippen LogP contribution in [0.15, 0.2) is 217 Å². The van der Waals surface area contributed by atoms with Crippen molar-refractivity contribution < 1.29 is 4.42 Å². The number of aromatic nitrogens is 1. The van der Waals surface area contributed by atoms with Gasteiger partial charge in [0.1, 0.15) is 11.2 Å². The largest absolute Gasteiger partial charge is 0.455 e. The number of rotatable bonds is 5. The summed E-state index contributed by atoms with van der Waals surface area (Å²) in [6, 6.07) is 80.2. The Kier molecular flexibility index (Phi) is 9.65. The van der Waals surface area contributed by atoms with Crippen molar-refractivity contribution in [2.45, 2.75) is 90.4 Å². The first-order valence-electron chi connectivity index (χ1n) is 29.8. The standard InChI is InChI=1S/C80H64N2O/c1-77(2,3)61-31-19-15-27-52(61)59-45-65-71(73-58-30-18-22-34-68(58)83-76(59)73)56-39-36-48(42-63(56)78(65,4)5)81(50-35-38-54-53-28-17-21-33-66(53)82(67(54)44-50)47-24-11-10-12-25-47)49-37-40-57-64(43-49)80(8,9)75-72(57)69-51-26-14-13-23-46(51)41-60(69)70-55-29-16-20-32-62(55)79(6,7)74(70)75/h10-40,42-45H,41H2,1-9H3. The zero-order chi connectivity index (χ0) is 56.2. The topological polar surface area (TPSA) is 21.3 Å². The molecule has 0 N–H and O–H groups in total. The molecule has 0 unspecified atom stereocenters. The monoisotopic (exact) mass is 1070 g/mol. The summed E-state index contributed by atoms with van der Waals surface area (Å²) in [5.74, 6) is 0. The van der Waals surface area contributed by atoms with E-state index < -0.39 is 0 Å². The highest BCUT2D eigenvalue weighted by atomic mass is 16.3. The van der Waals surface area contributed by atoms with E-state index in [2.05, 4.69) is 284 Å². The van der Waals surface area contributed by atoms with Crippen molar-refractivity contribution in [1.29, 1.82) is 0 Å². The van der Waals surface area contributed by atoms with Gasteiger partial charge in [0.05, 0.1) is 11.0 Å². The Hall–Kier alpha value is -9.18. The van der Waals surface area contributed by atoms with Crippen molar-refractivity contribution in [2.24, 2.45) is 0 Å². The van der Waals surface area contributed by atoms with Crippen molar-refractivity contribution in [2.75, 3.05) is 4.90 Å². The van der Waals surface area contributed by atoms with E-state index in [1.807, 2.05) is 0 Å². The van der Waals surface area contributed by atoms with Crippen LogP contribution in [-0.2, 0) is 28.1 Å². The summed E-state index contributed by atoms with van der Waals surface area (Å²) >= 11 is 0. The second kappa shape index (κ2) is 16.5. The smallest absolute Gasteiger partial charge is 0.143 e. The minimum atomic E-state index is -0.364. The lowest BCUT2D eigenvalue weighted by Crippen LogP contribution is -2.24. The van der Waals surface area contributed by atoms with Crippen molar-refractivity contribution in [1.82, 2.24) is 4.57 Å². The molecule has 13 aromatic rings. The Labute approximate surface area is 486 Å². The zero-order valence-electron chi connectivity index (χ0n) is 48.7. The van der Waals surface area contributed by atoms with Crippen LogP contribution in [-0.4, -0.2) is 4.57 Å². The maximum atomic E-state index is 7.05. The highest BCUT2D eigenvalue weighted by molar-refractivity contribution is 6.19. The van der Waals surface area contributed by atoms with Gasteiger partial charge in [-0.3, -0.25) is 0 Å². The minimum absolute atomic E-state index is 0.0766.